The number of rotatable bonds is 3. The van der Waals surface area contributed by atoms with Gasteiger partial charge in [0.2, 0.25) is 5.91 Å². The minimum Gasteiger partial charge on any atom is -0.444 e. The SMILES string of the molecule is CC1CCC(NC(=O)C(C)N2CCN(C(=O)OC(C)(C)C)CC2)CC1. The third-order valence-corrected chi connectivity index (χ3v) is 5.26. The Kier molecular flexibility index (Phi) is 6.72. The smallest absolute Gasteiger partial charge is 0.410 e. The minimum atomic E-state index is -0.473. The summed E-state index contributed by atoms with van der Waals surface area (Å²) in [6.45, 7) is 12.5. The molecular formula is C19H35N3O3. The number of nitrogens with one attached hydrogen (secondary N) is 1. The van der Waals surface area contributed by atoms with E-state index in [2.05, 4.69) is 17.1 Å². The first-order valence-electron chi connectivity index (χ1n) is 9.68. The summed E-state index contributed by atoms with van der Waals surface area (Å²) < 4.78 is 5.42. The fourth-order valence-electron chi connectivity index (χ4n) is 3.51. The number of carbonyl (C=O) groups is 2. The Labute approximate surface area is 152 Å². The van der Waals surface area contributed by atoms with E-state index in [-0.39, 0.29) is 18.0 Å². The summed E-state index contributed by atoms with van der Waals surface area (Å²) in [7, 11) is 0. The van der Waals surface area contributed by atoms with E-state index < -0.39 is 5.60 Å². The molecule has 1 aliphatic heterocycles. The van der Waals surface area contributed by atoms with Gasteiger partial charge >= 0.3 is 6.09 Å². The van der Waals surface area contributed by atoms with Gasteiger partial charge in [-0.05, 0) is 59.3 Å². The van der Waals surface area contributed by atoms with Crippen molar-refractivity contribution in [3.05, 3.63) is 0 Å². The lowest BCUT2D eigenvalue weighted by Crippen LogP contribution is -2.56. The highest BCUT2D eigenvalue weighted by molar-refractivity contribution is 5.81. The van der Waals surface area contributed by atoms with Gasteiger partial charge in [0.05, 0.1) is 6.04 Å². The quantitative estimate of drug-likeness (QED) is 0.847. The molecule has 1 aliphatic carbocycles. The molecule has 6 heteroatoms. The molecule has 144 valence electrons. The summed E-state index contributed by atoms with van der Waals surface area (Å²) in [6.07, 6.45) is 4.32. The van der Waals surface area contributed by atoms with Gasteiger partial charge in [-0.25, -0.2) is 4.79 Å². The average molecular weight is 354 g/mol. The number of hydrogen-bond acceptors (Lipinski definition) is 4. The Morgan fingerprint density at radius 3 is 2.12 bits per heavy atom. The number of piperazine rings is 1. The molecule has 1 unspecified atom stereocenters. The second-order valence-corrected chi connectivity index (χ2v) is 8.64. The first-order chi connectivity index (χ1) is 11.7. The molecule has 0 aromatic rings. The van der Waals surface area contributed by atoms with Crippen LogP contribution in [0.25, 0.3) is 0 Å². The maximum absolute atomic E-state index is 12.5. The lowest BCUT2D eigenvalue weighted by molar-refractivity contribution is -0.127. The van der Waals surface area contributed by atoms with Crippen LogP contribution in [0.5, 0.6) is 0 Å². The first kappa shape index (κ1) is 20.0. The van der Waals surface area contributed by atoms with Gasteiger partial charge in [0.25, 0.3) is 0 Å². The van der Waals surface area contributed by atoms with Crippen molar-refractivity contribution in [3.63, 3.8) is 0 Å². The van der Waals surface area contributed by atoms with Crippen LogP contribution in [0.1, 0.15) is 60.3 Å². The zero-order chi connectivity index (χ0) is 18.6. The molecule has 1 saturated heterocycles. The molecule has 1 atom stereocenters. The maximum atomic E-state index is 12.5. The molecule has 1 N–H and O–H groups in total. The second-order valence-electron chi connectivity index (χ2n) is 8.64. The fraction of sp³-hybridized carbons (Fsp3) is 0.895. The van der Waals surface area contributed by atoms with Crippen molar-refractivity contribution in [2.24, 2.45) is 5.92 Å². The van der Waals surface area contributed by atoms with Gasteiger partial charge in [0.1, 0.15) is 5.60 Å². The molecule has 2 rings (SSSR count). The van der Waals surface area contributed by atoms with Gasteiger partial charge in [0, 0.05) is 32.2 Å². The third kappa shape index (κ3) is 6.17. The predicted octanol–water partition coefficient (Wildman–Crippen LogP) is 2.62. The number of amides is 2. The fourth-order valence-corrected chi connectivity index (χ4v) is 3.51. The third-order valence-electron chi connectivity index (χ3n) is 5.26. The average Bonchev–Trinajstić information content (AvgIpc) is 2.55. The summed E-state index contributed by atoms with van der Waals surface area (Å²) in [5.41, 5.74) is -0.473. The Morgan fingerprint density at radius 2 is 1.60 bits per heavy atom. The monoisotopic (exact) mass is 353 g/mol. The van der Waals surface area contributed by atoms with Gasteiger partial charge in [-0.2, -0.15) is 0 Å². The molecule has 0 radical (unpaired) electrons. The molecule has 0 spiro atoms. The number of hydrogen-bond donors (Lipinski definition) is 1. The topological polar surface area (TPSA) is 61.9 Å². The highest BCUT2D eigenvalue weighted by atomic mass is 16.6. The Hall–Kier alpha value is -1.30. The van der Waals surface area contributed by atoms with Crippen LogP contribution in [0.15, 0.2) is 0 Å². The molecule has 0 bridgehead atoms. The van der Waals surface area contributed by atoms with E-state index >= 15 is 0 Å². The van der Waals surface area contributed by atoms with Crippen molar-refractivity contribution >= 4 is 12.0 Å². The van der Waals surface area contributed by atoms with Gasteiger partial charge in [-0.15, -0.1) is 0 Å². The van der Waals surface area contributed by atoms with Crippen molar-refractivity contribution < 1.29 is 14.3 Å². The van der Waals surface area contributed by atoms with Gasteiger partial charge in [-0.1, -0.05) is 6.92 Å². The summed E-state index contributed by atoms with van der Waals surface area (Å²) in [4.78, 5) is 28.5. The van der Waals surface area contributed by atoms with Gasteiger partial charge in [0.15, 0.2) is 0 Å². The van der Waals surface area contributed by atoms with Crippen LogP contribution >= 0.6 is 0 Å². The normalized spacial score (nSPS) is 26.8. The van der Waals surface area contributed by atoms with Crippen molar-refractivity contribution in [1.29, 1.82) is 0 Å². The second kappa shape index (κ2) is 8.39. The molecule has 0 aromatic heterocycles. The van der Waals surface area contributed by atoms with Crippen molar-refractivity contribution in [2.45, 2.75) is 78.0 Å². The van der Waals surface area contributed by atoms with Crippen molar-refractivity contribution in [3.8, 4) is 0 Å². The largest absolute Gasteiger partial charge is 0.444 e. The minimum absolute atomic E-state index is 0.116. The van der Waals surface area contributed by atoms with E-state index in [1.54, 1.807) is 4.90 Å². The predicted molar refractivity (Wildman–Crippen MR) is 98.4 cm³/mol. The molecular weight excluding hydrogens is 318 g/mol. The van der Waals surface area contributed by atoms with Crippen molar-refractivity contribution in [1.82, 2.24) is 15.1 Å². The highest BCUT2D eigenvalue weighted by Crippen LogP contribution is 2.23. The highest BCUT2D eigenvalue weighted by Gasteiger charge is 2.30. The Morgan fingerprint density at radius 1 is 1.04 bits per heavy atom. The van der Waals surface area contributed by atoms with Crippen LogP contribution < -0.4 is 5.32 Å². The maximum Gasteiger partial charge on any atom is 0.410 e. The summed E-state index contributed by atoms with van der Waals surface area (Å²) in [6, 6.07) is 0.175. The van der Waals surface area contributed by atoms with Crippen LogP contribution in [0.3, 0.4) is 0 Å². The van der Waals surface area contributed by atoms with E-state index in [1.807, 2.05) is 27.7 Å². The first-order valence-corrected chi connectivity index (χ1v) is 9.68. The van der Waals surface area contributed by atoms with Crippen LogP contribution in [0.4, 0.5) is 4.79 Å². The van der Waals surface area contributed by atoms with Gasteiger partial charge < -0.3 is 15.0 Å². The molecule has 2 amide bonds. The summed E-state index contributed by atoms with van der Waals surface area (Å²) >= 11 is 0. The van der Waals surface area contributed by atoms with E-state index in [9.17, 15) is 9.59 Å². The van der Waals surface area contributed by atoms with E-state index in [1.165, 1.54) is 12.8 Å². The van der Waals surface area contributed by atoms with E-state index in [0.717, 1.165) is 18.8 Å². The molecule has 1 saturated carbocycles. The van der Waals surface area contributed by atoms with Crippen LogP contribution in [-0.4, -0.2) is 65.7 Å². The number of ether oxygens (including phenoxy) is 1. The molecule has 0 aromatic carbocycles. The van der Waals surface area contributed by atoms with Crippen molar-refractivity contribution in [2.75, 3.05) is 26.2 Å². The standard InChI is InChI=1S/C19H35N3O3/c1-14-6-8-16(9-7-14)20-17(23)15(2)21-10-12-22(13-11-21)18(24)25-19(3,4)5/h14-16H,6-13H2,1-5H3,(H,20,23). The molecule has 6 nitrogen and oxygen atoms in total. The molecule has 2 fully saturated rings. The zero-order valence-corrected chi connectivity index (χ0v) is 16.5. The zero-order valence-electron chi connectivity index (χ0n) is 16.5. The molecule has 25 heavy (non-hydrogen) atoms. The summed E-state index contributed by atoms with van der Waals surface area (Å²) in [5, 5.41) is 3.22. The summed E-state index contributed by atoms with van der Waals surface area (Å²) in [5.74, 6) is 0.900. The lowest BCUT2D eigenvalue weighted by atomic mass is 9.87. The number of carbonyl (C=O) groups excluding carboxylic acids is 2. The lowest BCUT2D eigenvalue weighted by Gasteiger charge is -2.38. The molecule has 1 heterocycles. The Bertz CT molecular complexity index is 459. The van der Waals surface area contributed by atoms with Crippen LogP contribution in [0.2, 0.25) is 0 Å². The number of nitrogens with zero attached hydrogens (tertiary/aromatic N) is 2. The van der Waals surface area contributed by atoms with Gasteiger partial charge in [-0.3, -0.25) is 9.69 Å². The van der Waals surface area contributed by atoms with Crippen LogP contribution in [-0.2, 0) is 9.53 Å². The molecule has 2 aliphatic rings. The van der Waals surface area contributed by atoms with E-state index in [0.29, 0.717) is 32.2 Å². The van der Waals surface area contributed by atoms with Crippen LogP contribution in [0, 0.1) is 5.92 Å². The van der Waals surface area contributed by atoms with E-state index in [4.69, 9.17) is 4.74 Å². The Balaban J connectivity index is 1.75.